The van der Waals surface area contributed by atoms with E-state index in [1.165, 1.54) is 5.69 Å². The molecular weight excluding hydrogens is 274 g/mol. The van der Waals surface area contributed by atoms with Crippen molar-refractivity contribution in [1.29, 1.82) is 5.26 Å². The van der Waals surface area contributed by atoms with E-state index in [9.17, 15) is 5.26 Å². The van der Waals surface area contributed by atoms with Crippen molar-refractivity contribution in [1.82, 2.24) is 14.5 Å². The van der Waals surface area contributed by atoms with Gasteiger partial charge in [-0.05, 0) is 19.1 Å². The highest BCUT2D eigenvalue weighted by molar-refractivity contribution is 5.46. The highest BCUT2D eigenvalue weighted by Crippen LogP contribution is 2.25. The van der Waals surface area contributed by atoms with Gasteiger partial charge in [-0.25, -0.2) is 4.98 Å². The molecule has 0 N–H and O–H groups in total. The van der Waals surface area contributed by atoms with Crippen LogP contribution in [0, 0.1) is 18.3 Å². The molecule has 5 heteroatoms. The molecule has 0 spiro atoms. The molecule has 0 saturated carbocycles. The summed E-state index contributed by atoms with van der Waals surface area (Å²) in [5.41, 5.74) is 3.21. The molecule has 1 saturated heterocycles. The summed E-state index contributed by atoms with van der Waals surface area (Å²) in [6, 6.07) is 12.7. The van der Waals surface area contributed by atoms with Gasteiger partial charge in [0.25, 0.3) is 0 Å². The van der Waals surface area contributed by atoms with Gasteiger partial charge in [0.2, 0.25) is 0 Å². The van der Waals surface area contributed by atoms with Crippen molar-refractivity contribution in [2.24, 2.45) is 7.05 Å². The van der Waals surface area contributed by atoms with Gasteiger partial charge < -0.3 is 9.47 Å². The van der Waals surface area contributed by atoms with Gasteiger partial charge >= 0.3 is 0 Å². The van der Waals surface area contributed by atoms with E-state index < -0.39 is 0 Å². The van der Waals surface area contributed by atoms with E-state index in [4.69, 9.17) is 0 Å². The van der Waals surface area contributed by atoms with E-state index in [1.54, 1.807) is 6.33 Å². The standard InChI is InChI=1S/C17H21N5/c1-14-17(20(2)13-19-14)16(12-18)22-10-8-21(9-11-22)15-6-4-3-5-7-15/h3-7,13,16H,8-11H2,1-2H3. The Balaban J connectivity index is 1.72. The van der Waals surface area contributed by atoms with Crippen molar-refractivity contribution in [2.45, 2.75) is 13.0 Å². The zero-order valence-corrected chi connectivity index (χ0v) is 13.1. The number of imidazole rings is 1. The van der Waals surface area contributed by atoms with Gasteiger partial charge in [0.15, 0.2) is 0 Å². The Morgan fingerprint density at radius 3 is 2.36 bits per heavy atom. The third-order valence-electron chi connectivity index (χ3n) is 4.36. The van der Waals surface area contributed by atoms with Crippen LogP contribution in [0.15, 0.2) is 36.7 Å². The van der Waals surface area contributed by atoms with Gasteiger partial charge in [0.1, 0.15) is 6.04 Å². The van der Waals surface area contributed by atoms with E-state index in [2.05, 4.69) is 45.1 Å². The van der Waals surface area contributed by atoms with Crippen molar-refractivity contribution < 1.29 is 0 Å². The monoisotopic (exact) mass is 295 g/mol. The predicted molar refractivity (Wildman–Crippen MR) is 86.5 cm³/mol. The van der Waals surface area contributed by atoms with E-state index in [0.717, 1.165) is 37.6 Å². The molecule has 5 nitrogen and oxygen atoms in total. The lowest BCUT2D eigenvalue weighted by Crippen LogP contribution is -2.47. The number of hydrogen-bond donors (Lipinski definition) is 0. The Bertz CT molecular complexity index is 643. The van der Waals surface area contributed by atoms with Crippen LogP contribution in [0.2, 0.25) is 0 Å². The molecule has 1 fully saturated rings. The first-order valence-corrected chi connectivity index (χ1v) is 7.62. The zero-order valence-electron chi connectivity index (χ0n) is 13.1. The Morgan fingerprint density at radius 1 is 1.14 bits per heavy atom. The summed E-state index contributed by atoms with van der Waals surface area (Å²) >= 11 is 0. The topological polar surface area (TPSA) is 48.1 Å². The molecule has 2 heterocycles. The Labute approximate surface area is 131 Å². The maximum absolute atomic E-state index is 9.64. The smallest absolute Gasteiger partial charge is 0.140 e. The molecule has 1 aliphatic rings. The van der Waals surface area contributed by atoms with Crippen LogP contribution in [0.3, 0.4) is 0 Å². The highest BCUT2D eigenvalue weighted by atomic mass is 15.3. The number of para-hydroxylation sites is 1. The van der Waals surface area contributed by atoms with Crippen LogP contribution >= 0.6 is 0 Å². The van der Waals surface area contributed by atoms with Gasteiger partial charge in [0.05, 0.1) is 23.8 Å². The van der Waals surface area contributed by atoms with Crippen LogP contribution in [0.4, 0.5) is 5.69 Å². The van der Waals surface area contributed by atoms with E-state index >= 15 is 0 Å². The largest absolute Gasteiger partial charge is 0.369 e. The molecule has 114 valence electrons. The summed E-state index contributed by atoms with van der Waals surface area (Å²) in [5, 5.41) is 9.64. The molecule has 2 aromatic rings. The number of rotatable bonds is 3. The number of anilines is 1. The number of aromatic nitrogens is 2. The highest BCUT2D eigenvalue weighted by Gasteiger charge is 2.28. The second-order valence-electron chi connectivity index (χ2n) is 5.72. The number of nitriles is 1. The molecule has 0 bridgehead atoms. The Hall–Kier alpha value is -2.32. The number of piperazine rings is 1. The number of hydrogen-bond acceptors (Lipinski definition) is 4. The van der Waals surface area contributed by atoms with Crippen molar-refractivity contribution in [3.8, 4) is 6.07 Å². The molecule has 1 aromatic carbocycles. The Morgan fingerprint density at radius 2 is 1.82 bits per heavy atom. The van der Waals surface area contributed by atoms with Crippen molar-refractivity contribution in [3.05, 3.63) is 48.0 Å². The predicted octanol–water partition coefficient (Wildman–Crippen LogP) is 2.12. The van der Waals surface area contributed by atoms with Gasteiger partial charge in [-0.3, -0.25) is 4.90 Å². The first kappa shape index (κ1) is 14.6. The molecule has 1 aromatic heterocycles. The number of benzene rings is 1. The summed E-state index contributed by atoms with van der Waals surface area (Å²) in [6.45, 7) is 5.63. The molecule has 3 rings (SSSR count). The quantitative estimate of drug-likeness (QED) is 0.870. The zero-order chi connectivity index (χ0) is 15.5. The summed E-state index contributed by atoms with van der Waals surface area (Å²) in [7, 11) is 1.96. The van der Waals surface area contributed by atoms with Crippen molar-refractivity contribution in [2.75, 3.05) is 31.1 Å². The van der Waals surface area contributed by atoms with Crippen LogP contribution in [0.1, 0.15) is 17.4 Å². The molecule has 0 radical (unpaired) electrons. The fourth-order valence-corrected chi connectivity index (χ4v) is 3.14. The minimum atomic E-state index is -0.217. The fraction of sp³-hybridized carbons (Fsp3) is 0.412. The lowest BCUT2D eigenvalue weighted by molar-refractivity contribution is 0.216. The minimum Gasteiger partial charge on any atom is -0.369 e. The average Bonchev–Trinajstić information content (AvgIpc) is 2.90. The van der Waals surface area contributed by atoms with Gasteiger partial charge in [-0.15, -0.1) is 0 Å². The second kappa shape index (κ2) is 6.20. The van der Waals surface area contributed by atoms with Crippen molar-refractivity contribution in [3.63, 3.8) is 0 Å². The van der Waals surface area contributed by atoms with E-state index in [1.807, 2.05) is 24.6 Å². The number of nitrogens with zero attached hydrogens (tertiary/aromatic N) is 5. The average molecular weight is 295 g/mol. The molecule has 0 aliphatic carbocycles. The fourth-order valence-electron chi connectivity index (χ4n) is 3.14. The molecular formula is C17H21N5. The van der Waals surface area contributed by atoms with E-state index in [0.29, 0.717) is 0 Å². The molecule has 22 heavy (non-hydrogen) atoms. The second-order valence-corrected chi connectivity index (χ2v) is 5.72. The third kappa shape index (κ3) is 2.70. The first-order valence-electron chi connectivity index (χ1n) is 7.62. The maximum atomic E-state index is 9.64. The molecule has 1 atom stereocenters. The summed E-state index contributed by atoms with van der Waals surface area (Å²) in [5.74, 6) is 0. The molecule has 1 aliphatic heterocycles. The normalized spacial score (nSPS) is 17.2. The first-order chi connectivity index (χ1) is 10.7. The van der Waals surface area contributed by atoms with Crippen LogP contribution in [-0.2, 0) is 7.05 Å². The summed E-state index contributed by atoms with van der Waals surface area (Å²) in [6.07, 6.45) is 1.79. The van der Waals surface area contributed by atoms with Crippen LogP contribution in [-0.4, -0.2) is 40.6 Å². The van der Waals surface area contributed by atoms with Crippen LogP contribution < -0.4 is 4.90 Å². The Kier molecular flexibility index (Phi) is 4.12. The lowest BCUT2D eigenvalue weighted by atomic mass is 10.1. The van der Waals surface area contributed by atoms with E-state index in [-0.39, 0.29) is 6.04 Å². The van der Waals surface area contributed by atoms with Gasteiger partial charge in [0, 0.05) is 38.9 Å². The van der Waals surface area contributed by atoms with Gasteiger partial charge in [-0.1, -0.05) is 18.2 Å². The van der Waals surface area contributed by atoms with Crippen LogP contribution in [0.25, 0.3) is 0 Å². The molecule has 0 amide bonds. The summed E-state index contributed by atoms with van der Waals surface area (Å²) in [4.78, 5) is 8.95. The maximum Gasteiger partial charge on any atom is 0.140 e. The molecule has 1 unspecified atom stereocenters. The van der Waals surface area contributed by atoms with Crippen LogP contribution in [0.5, 0.6) is 0 Å². The summed E-state index contributed by atoms with van der Waals surface area (Å²) < 4.78 is 1.97. The number of aryl methyl sites for hydroxylation is 2. The lowest BCUT2D eigenvalue weighted by Gasteiger charge is -2.38. The SMILES string of the molecule is Cc1ncn(C)c1C(C#N)N1CCN(c2ccccc2)CC1. The third-order valence-corrected chi connectivity index (χ3v) is 4.36. The van der Waals surface area contributed by atoms with Crippen molar-refractivity contribution >= 4 is 5.69 Å². The van der Waals surface area contributed by atoms with Gasteiger partial charge in [-0.2, -0.15) is 5.26 Å². The minimum absolute atomic E-state index is 0.217.